The number of rotatable bonds is 8. The molecule has 0 saturated carbocycles. The average molecular weight is 246 g/mol. The summed E-state index contributed by atoms with van der Waals surface area (Å²) in [5.74, 6) is -0.00122. The maximum Gasteiger partial charge on any atom is 0.240 e. The summed E-state index contributed by atoms with van der Waals surface area (Å²) in [5, 5.41) is 3.93. The summed E-state index contributed by atoms with van der Waals surface area (Å²) in [6.45, 7) is 2.19. The molecule has 0 bridgehead atoms. The fourth-order valence-electron chi connectivity index (χ4n) is 1.66. The zero-order chi connectivity index (χ0) is 13.1. The van der Waals surface area contributed by atoms with Crippen LogP contribution < -0.4 is 5.43 Å². The van der Waals surface area contributed by atoms with Gasteiger partial charge in [-0.2, -0.15) is 5.10 Å². The molecule has 1 rings (SSSR count). The van der Waals surface area contributed by atoms with E-state index in [1.165, 1.54) is 19.3 Å². The van der Waals surface area contributed by atoms with E-state index in [2.05, 4.69) is 17.5 Å². The summed E-state index contributed by atoms with van der Waals surface area (Å²) in [5.41, 5.74) is 3.54. The predicted octanol–water partition coefficient (Wildman–Crippen LogP) is 3.50. The first-order chi connectivity index (χ1) is 8.83. The zero-order valence-corrected chi connectivity index (χ0v) is 11.1. The van der Waals surface area contributed by atoms with E-state index >= 15 is 0 Å². The summed E-state index contributed by atoms with van der Waals surface area (Å²) in [6, 6.07) is 9.72. The van der Waals surface area contributed by atoms with Gasteiger partial charge in [0, 0.05) is 6.42 Å². The highest BCUT2D eigenvalue weighted by atomic mass is 16.2. The van der Waals surface area contributed by atoms with Gasteiger partial charge >= 0.3 is 0 Å². The first-order valence-corrected chi connectivity index (χ1v) is 6.70. The summed E-state index contributed by atoms with van der Waals surface area (Å²) >= 11 is 0. The Morgan fingerprint density at radius 2 is 1.89 bits per heavy atom. The summed E-state index contributed by atoms with van der Waals surface area (Å²) < 4.78 is 0. The molecule has 0 aliphatic rings. The Hall–Kier alpha value is -1.64. The van der Waals surface area contributed by atoms with E-state index in [-0.39, 0.29) is 5.91 Å². The molecule has 0 aromatic heterocycles. The van der Waals surface area contributed by atoms with E-state index in [1.807, 2.05) is 30.3 Å². The first kappa shape index (κ1) is 14.4. The van der Waals surface area contributed by atoms with Gasteiger partial charge in [0.1, 0.15) is 0 Å². The number of benzene rings is 1. The molecule has 0 saturated heterocycles. The number of hydrogen-bond acceptors (Lipinski definition) is 2. The van der Waals surface area contributed by atoms with Crippen LogP contribution in [-0.4, -0.2) is 12.1 Å². The van der Waals surface area contributed by atoms with E-state index < -0.39 is 0 Å². The monoisotopic (exact) mass is 246 g/mol. The van der Waals surface area contributed by atoms with Crippen molar-refractivity contribution in [2.24, 2.45) is 5.10 Å². The van der Waals surface area contributed by atoms with Crippen LogP contribution in [0.4, 0.5) is 0 Å². The van der Waals surface area contributed by atoms with Gasteiger partial charge < -0.3 is 0 Å². The number of hydrazone groups is 1. The molecule has 98 valence electrons. The van der Waals surface area contributed by atoms with Crippen molar-refractivity contribution < 1.29 is 4.79 Å². The number of carbonyl (C=O) groups excluding carboxylic acids is 1. The second-order valence-corrected chi connectivity index (χ2v) is 4.37. The largest absolute Gasteiger partial charge is 0.273 e. The van der Waals surface area contributed by atoms with Gasteiger partial charge in [0.15, 0.2) is 0 Å². The van der Waals surface area contributed by atoms with Crippen molar-refractivity contribution in [3.63, 3.8) is 0 Å². The van der Waals surface area contributed by atoms with Crippen molar-refractivity contribution in [1.29, 1.82) is 0 Å². The van der Waals surface area contributed by atoms with Gasteiger partial charge in [0.25, 0.3) is 0 Å². The number of amides is 1. The lowest BCUT2D eigenvalue weighted by Crippen LogP contribution is -2.16. The molecule has 0 heterocycles. The Morgan fingerprint density at radius 1 is 1.17 bits per heavy atom. The standard InChI is InChI=1S/C15H22N2O/c1-2-3-4-5-9-12-15(18)17-16-13-14-10-7-6-8-11-14/h6-8,10-11,13H,2-5,9,12H2,1H3,(H,17,18). The molecule has 0 aliphatic carbocycles. The second kappa shape index (κ2) is 9.40. The molecule has 1 N–H and O–H groups in total. The van der Waals surface area contributed by atoms with E-state index in [1.54, 1.807) is 6.21 Å². The number of unbranched alkanes of at least 4 members (excludes halogenated alkanes) is 4. The quantitative estimate of drug-likeness (QED) is 0.426. The van der Waals surface area contributed by atoms with Crippen LogP contribution in [0.15, 0.2) is 35.4 Å². The lowest BCUT2D eigenvalue weighted by Gasteiger charge is -2.00. The average Bonchev–Trinajstić information content (AvgIpc) is 2.40. The van der Waals surface area contributed by atoms with Crippen LogP contribution in [-0.2, 0) is 4.79 Å². The van der Waals surface area contributed by atoms with Gasteiger partial charge in [-0.05, 0) is 12.0 Å². The van der Waals surface area contributed by atoms with Gasteiger partial charge in [0.2, 0.25) is 5.91 Å². The molecule has 0 fully saturated rings. The third-order valence-electron chi connectivity index (χ3n) is 2.71. The molecule has 0 spiro atoms. The van der Waals surface area contributed by atoms with Crippen molar-refractivity contribution >= 4 is 12.1 Å². The van der Waals surface area contributed by atoms with E-state index in [0.717, 1.165) is 18.4 Å². The van der Waals surface area contributed by atoms with Crippen LogP contribution in [0.1, 0.15) is 51.0 Å². The fraction of sp³-hybridized carbons (Fsp3) is 0.467. The van der Waals surface area contributed by atoms with Crippen molar-refractivity contribution in [3.05, 3.63) is 35.9 Å². The number of hydrogen-bond donors (Lipinski definition) is 1. The van der Waals surface area contributed by atoms with Crippen LogP contribution >= 0.6 is 0 Å². The maximum absolute atomic E-state index is 11.4. The maximum atomic E-state index is 11.4. The highest BCUT2D eigenvalue weighted by Crippen LogP contribution is 2.04. The van der Waals surface area contributed by atoms with Gasteiger partial charge in [-0.3, -0.25) is 4.79 Å². The highest BCUT2D eigenvalue weighted by Gasteiger charge is 1.98. The molecule has 0 unspecified atom stereocenters. The smallest absolute Gasteiger partial charge is 0.240 e. The minimum atomic E-state index is -0.00122. The molecular formula is C15H22N2O. The second-order valence-electron chi connectivity index (χ2n) is 4.37. The predicted molar refractivity (Wildman–Crippen MR) is 75.6 cm³/mol. The van der Waals surface area contributed by atoms with Crippen LogP contribution in [0.25, 0.3) is 0 Å². The Morgan fingerprint density at radius 3 is 2.61 bits per heavy atom. The minimum absolute atomic E-state index is 0.00122. The normalized spacial score (nSPS) is 10.7. The summed E-state index contributed by atoms with van der Waals surface area (Å²) in [4.78, 5) is 11.4. The summed E-state index contributed by atoms with van der Waals surface area (Å²) in [6.07, 6.45) is 8.01. The van der Waals surface area contributed by atoms with Crippen molar-refractivity contribution in [3.8, 4) is 0 Å². The highest BCUT2D eigenvalue weighted by molar-refractivity contribution is 5.82. The van der Waals surface area contributed by atoms with Crippen molar-refractivity contribution in [2.45, 2.75) is 45.4 Å². The van der Waals surface area contributed by atoms with Gasteiger partial charge in [0.05, 0.1) is 6.21 Å². The molecule has 18 heavy (non-hydrogen) atoms. The van der Waals surface area contributed by atoms with Crippen molar-refractivity contribution in [2.75, 3.05) is 0 Å². The minimum Gasteiger partial charge on any atom is -0.273 e. The molecule has 1 amide bonds. The fourth-order valence-corrected chi connectivity index (χ4v) is 1.66. The van der Waals surface area contributed by atoms with E-state index in [4.69, 9.17) is 0 Å². The van der Waals surface area contributed by atoms with Gasteiger partial charge in [-0.15, -0.1) is 0 Å². The lowest BCUT2D eigenvalue weighted by molar-refractivity contribution is -0.121. The van der Waals surface area contributed by atoms with Gasteiger partial charge in [-0.25, -0.2) is 5.43 Å². The molecule has 0 atom stereocenters. The molecule has 1 aromatic carbocycles. The SMILES string of the molecule is CCCCCCCC(=O)NN=Cc1ccccc1. The van der Waals surface area contributed by atoms with Crippen LogP contribution in [0.2, 0.25) is 0 Å². The van der Waals surface area contributed by atoms with E-state index in [9.17, 15) is 4.79 Å². The first-order valence-electron chi connectivity index (χ1n) is 6.70. The molecule has 1 aromatic rings. The molecule has 3 heteroatoms. The topological polar surface area (TPSA) is 41.5 Å². The molecule has 3 nitrogen and oxygen atoms in total. The Balaban J connectivity index is 2.11. The Bertz CT molecular complexity index is 360. The molecule has 0 radical (unpaired) electrons. The van der Waals surface area contributed by atoms with E-state index in [0.29, 0.717) is 6.42 Å². The number of nitrogens with one attached hydrogen (secondary N) is 1. The van der Waals surface area contributed by atoms with Crippen molar-refractivity contribution in [1.82, 2.24) is 5.43 Å². The third kappa shape index (κ3) is 6.84. The Kier molecular flexibility index (Phi) is 7.53. The summed E-state index contributed by atoms with van der Waals surface area (Å²) in [7, 11) is 0. The van der Waals surface area contributed by atoms with Crippen LogP contribution in [0, 0.1) is 0 Å². The third-order valence-corrected chi connectivity index (χ3v) is 2.71. The zero-order valence-electron chi connectivity index (χ0n) is 11.1. The number of carbonyl (C=O) groups is 1. The molecular weight excluding hydrogens is 224 g/mol. The number of nitrogens with zero attached hydrogens (tertiary/aromatic N) is 1. The molecule has 0 aliphatic heterocycles. The van der Waals surface area contributed by atoms with Crippen LogP contribution in [0.3, 0.4) is 0 Å². The van der Waals surface area contributed by atoms with Gasteiger partial charge in [-0.1, -0.05) is 62.9 Å². The van der Waals surface area contributed by atoms with Crippen LogP contribution in [0.5, 0.6) is 0 Å². The Labute approximate surface area is 109 Å². The lowest BCUT2D eigenvalue weighted by atomic mass is 10.1.